The van der Waals surface area contributed by atoms with Crippen LogP contribution in [0.5, 0.6) is 0 Å². The largest absolute Gasteiger partial charge is 0.335 e. The number of piperidine rings is 1. The summed E-state index contributed by atoms with van der Waals surface area (Å²) in [5.41, 5.74) is 1.22. The molecule has 2 rings (SSSR count). The zero-order valence-corrected chi connectivity index (χ0v) is 13.8. The standard InChI is InChI=1S/C16H26N2OS/c1-11(2)18(10-14-6-5-7-17-9-14)16(19)15-8-12(3)13(4)20-15/h8,11,14,17H,5-7,9-10H2,1-4H3. The normalized spacial score (nSPS) is 19.4. The summed E-state index contributed by atoms with van der Waals surface area (Å²) >= 11 is 1.62. The van der Waals surface area contributed by atoms with Crippen LogP contribution < -0.4 is 5.32 Å². The Morgan fingerprint density at radius 2 is 2.25 bits per heavy atom. The summed E-state index contributed by atoms with van der Waals surface area (Å²) in [6.45, 7) is 11.4. The Kier molecular flexibility index (Phi) is 5.22. The lowest BCUT2D eigenvalue weighted by Crippen LogP contribution is -2.44. The Balaban J connectivity index is 2.09. The minimum Gasteiger partial charge on any atom is -0.335 e. The Bertz CT molecular complexity index is 442. The van der Waals surface area contributed by atoms with Crippen molar-refractivity contribution in [1.29, 1.82) is 0 Å². The molecule has 0 radical (unpaired) electrons. The molecule has 0 aliphatic carbocycles. The highest BCUT2D eigenvalue weighted by molar-refractivity contribution is 7.14. The van der Waals surface area contributed by atoms with Gasteiger partial charge in [-0.3, -0.25) is 4.79 Å². The van der Waals surface area contributed by atoms with E-state index in [2.05, 4.69) is 33.0 Å². The van der Waals surface area contributed by atoms with Crippen molar-refractivity contribution in [3.63, 3.8) is 0 Å². The molecule has 0 spiro atoms. The molecule has 1 atom stereocenters. The summed E-state index contributed by atoms with van der Waals surface area (Å²) in [6.07, 6.45) is 2.45. The summed E-state index contributed by atoms with van der Waals surface area (Å²) in [5, 5.41) is 3.44. The fourth-order valence-electron chi connectivity index (χ4n) is 2.71. The Morgan fingerprint density at radius 3 is 2.75 bits per heavy atom. The molecule has 2 heterocycles. The van der Waals surface area contributed by atoms with Crippen LogP contribution in [0.15, 0.2) is 6.07 Å². The average Bonchev–Trinajstić information content (AvgIpc) is 2.76. The molecule has 1 aromatic rings. The first-order chi connectivity index (χ1) is 9.49. The van der Waals surface area contributed by atoms with Gasteiger partial charge >= 0.3 is 0 Å². The van der Waals surface area contributed by atoms with E-state index in [1.807, 2.05) is 11.0 Å². The van der Waals surface area contributed by atoms with Crippen molar-refractivity contribution in [3.8, 4) is 0 Å². The van der Waals surface area contributed by atoms with E-state index in [-0.39, 0.29) is 11.9 Å². The van der Waals surface area contributed by atoms with E-state index < -0.39 is 0 Å². The zero-order valence-electron chi connectivity index (χ0n) is 13.0. The van der Waals surface area contributed by atoms with E-state index in [0.717, 1.165) is 24.5 Å². The number of rotatable bonds is 4. The van der Waals surface area contributed by atoms with Crippen LogP contribution in [-0.2, 0) is 0 Å². The fourth-order valence-corrected chi connectivity index (χ4v) is 3.70. The van der Waals surface area contributed by atoms with Crippen LogP contribution in [0.1, 0.15) is 46.8 Å². The highest BCUT2D eigenvalue weighted by atomic mass is 32.1. The Morgan fingerprint density at radius 1 is 1.50 bits per heavy atom. The molecule has 20 heavy (non-hydrogen) atoms. The highest BCUT2D eigenvalue weighted by Gasteiger charge is 2.25. The van der Waals surface area contributed by atoms with Crippen molar-refractivity contribution in [2.75, 3.05) is 19.6 Å². The van der Waals surface area contributed by atoms with Crippen LogP contribution in [0.3, 0.4) is 0 Å². The van der Waals surface area contributed by atoms with Crippen LogP contribution in [-0.4, -0.2) is 36.5 Å². The minimum atomic E-state index is 0.201. The fraction of sp³-hybridized carbons (Fsp3) is 0.688. The quantitative estimate of drug-likeness (QED) is 0.925. The number of carbonyl (C=O) groups excluding carboxylic acids is 1. The van der Waals surface area contributed by atoms with E-state index in [1.165, 1.54) is 23.3 Å². The number of hydrogen-bond acceptors (Lipinski definition) is 3. The van der Waals surface area contributed by atoms with Gasteiger partial charge in [0.15, 0.2) is 0 Å². The molecule has 1 N–H and O–H groups in total. The molecule has 1 aliphatic heterocycles. The number of amides is 1. The monoisotopic (exact) mass is 294 g/mol. The Labute approximate surface area is 126 Å². The molecule has 4 heteroatoms. The average molecular weight is 294 g/mol. The summed E-state index contributed by atoms with van der Waals surface area (Å²) in [5.74, 6) is 0.795. The van der Waals surface area contributed by atoms with Gasteiger partial charge in [-0.2, -0.15) is 0 Å². The van der Waals surface area contributed by atoms with E-state index in [0.29, 0.717) is 5.92 Å². The lowest BCUT2D eigenvalue weighted by molar-refractivity contribution is 0.0666. The maximum Gasteiger partial charge on any atom is 0.264 e. The first-order valence-corrected chi connectivity index (χ1v) is 8.39. The van der Waals surface area contributed by atoms with Gasteiger partial charge in [-0.05, 0) is 71.2 Å². The van der Waals surface area contributed by atoms with Gasteiger partial charge in [-0.15, -0.1) is 11.3 Å². The predicted molar refractivity (Wildman–Crippen MR) is 85.6 cm³/mol. The van der Waals surface area contributed by atoms with Crippen LogP contribution in [0, 0.1) is 19.8 Å². The zero-order chi connectivity index (χ0) is 14.7. The molecule has 1 unspecified atom stereocenters. The number of thiophene rings is 1. The SMILES string of the molecule is Cc1cc(C(=O)N(CC2CCCNC2)C(C)C)sc1C. The molecule has 0 saturated carbocycles. The van der Waals surface area contributed by atoms with Gasteiger partial charge in [0.1, 0.15) is 0 Å². The van der Waals surface area contributed by atoms with Crippen molar-refractivity contribution >= 4 is 17.2 Å². The molecule has 1 saturated heterocycles. The van der Waals surface area contributed by atoms with Crippen molar-refractivity contribution in [1.82, 2.24) is 10.2 Å². The third-order valence-electron chi connectivity index (χ3n) is 4.11. The second-order valence-corrected chi connectivity index (χ2v) is 7.37. The first kappa shape index (κ1) is 15.5. The maximum absolute atomic E-state index is 12.7. The van der Waals surface area contributed by atoms with Gasteiger partial charge in [0.05, 0.1) is 4.88 Å². The van der Waals surface area contributed by atoms with Gasteiger partial charge < -0.3 is 10.2 Å². The lowest BCUT2D eigenvalue weighted by Gasteiger charge is -2.32. The predicted octanol–water partition coefficient (Wildman–Crippen LogP) is 3.22. The van der Waals surface area contributed by atoms with Gasteiger partial charge in [0.2, 0.25) is 0 Å². The molecule has 0 bridgehead atoms. The maximum atomic E-state index is 12.7. The molecule has 1 amide bonds. The Hall–Kier alpha value is -0.870. The van der Waals surface area contributed by atoms with E-state index in [4.69, 9.17) is 0 Å². The van der Waals surface area contributed by atoms with Gasteiger partial charge in [0, 0.05) is 17.5 Å². The lowest BCUT2D eigenvalue weighted by atomic mass is 9.98. The molecule has 1 aromatic heterocycles. The molecule has 0 aromatic carbocycles. The van der Waals surface area contributed by atoms with Crippen molar-refractivity contribution in [2.45, 2.75) is 46.6 Å². The second kappa shape index (κ2) is 6.72. The number of carbonyl (C=O) groups is 1. The van der Waals surface area contributed by atoms with Crippen molar-refractivity contribution in [3.05, 3.63) is 21.4 Å². The molecule has 1 fully saturated rings. The van der Waals surface area contributed by atoms with Crippen LogP contribution >= 0.6 is 11.3 Å². The van der Waals surface area contributed by atoms with E-state index in [9.17, 15) is 4.79 Å². The number of aryl methyl sites for hydroxylation is 2. The highest BCUT2D eigenvalue weighted by Crippen LogP contribution is 2.24. The summed E-state index contributed by atoms with van der Waals surface area (Å²) in [6, 6.07) is 2.30. The topological polar surface area (TPSA) is 32.3 Å². The van der Waals surface area contributed by atoms with Gasteiger partial charge in [-0.25, -0.2) is 0 Å². The van der Waals surface area contributed by atoms with Crippen molar-refractivity contribution < 1.29 is 4.79 Å². The van der Waals surface area contributed by atoms with E-state index >= 15 is 0 Å². The third-order valence-corrected chi connectivity index (χ3v) is 5.26. The molecule has 1 aliphatic rings. The molecular weight excluding hydrogens is 268 g/mol. The summed E-state index contributed by atoms with van der Waals surface area (Å²) < 4.78 is 0. The molecule has 3 nitrogen and oxygen atoms in total. The van der Waals surface area contributed by atoms with Crippen molar-refractivity contribution in [2.24, 2.45) is 5.92 Å². The third kappa shape index (κ3) is 3.61. The van der Waals surface area contributed by atoms with Crippen LogP contribution in [0.4, 0.5) is 0 Å². The number of nitrogens with one attached hydrogen (secondary N) is 1. The molecular formula is C16H26N2OS. The van der Waals surface area contributed by atoms with Crippen LogP contribution in [0.25, 0.3) is 0 Å². The minimum absolute atomic E-state index is 0.201. The number of hydrogen-bond donors (Lipinski definition) is 1. The number of nitrogens with zero attached hydrogens (tertiary/aromatic N) is 1. The van der Waals surface area contributed by atoms with E-state index in [1.54, 1.807) is 11.3 Å². The van der Waals surface area contributed by atoms with Gasteiger partial charge in [0.25, 0.3) is 5.91 Å². The van der Waals surface area contributed by atoms with Crippen LogP contribution in [0.2, 0.25) is 0 Å². The summed E-state index contributed by atoms with van der Waals surface area (Å²) in [7, 11) is 0. The second-order valence-electron chi connectivity index (χ2n) is 6.11. The summed E-state index contributed by atoms with van der Waals surface area (Å²) in [4.78, 5) is 16.9. The smallest absolute Gasteiger partial charge is 0.264 e. The van der Waals surface area contributed by atoms with Gasteiger partial charge in [-0.1, -0.05) is 0 Å². The first-order valence-electron chi connectivity index (χ1n) is 7.57. The molecule has 112 valence electrons.